The van der Waals surface area contributed by atoms with Crippen LogP contribution < -0.4 is 20.2 Å². The van der Waals surface area contributed by atoms with Gasteiger partial charge in [-0.1, -0.05) is 60.7 Å². The minimum absolute atomic E-state index is 0.813. The molecule has 0 spiro atoms. The maximum absolute atomic E-state index is 16.3. The van der Waals surface area contributed by atoms with Gasteiger partial charge in [0.15, 0.2) is 0 Å². The van der Waals surface area contributed by atoms with Crippen molar-refractivity contribution in [2.24, 2.45) is 0 Å². The van der Waals surface area contributed by atoms with Crippen LogP contribution in [-0.2, 0) is 0 Å². The van der Waals surface area contributed by atoms with E-state index < -0.39 is 9.13 Å². The van der Waals surface area contributed by atoms with Crippen molar-refractivity contribution in [3.05, 3.63) is 72.8 Å². The molecule has 0 saturated carbocycles. The molecule has 0 saturated heterocycles. The SMILES string of the molecule is CN(C)c1cccc2cccc([Si](F)c3cccc4cccc(N(C)C)c34)c12. The van der Waals surface area contributed by atoms with E-state index in [0.717, 1.165) is 43.3 Å². The maximum atomic E-state index is 16.3. The molecule has 0 aliphatic carbocycles. The first-order valence-electron chi connectivity index (χ1n) is 9.40. The summed E-state index contributed by atoms with van der Waals surface area (Å²) in [4.78, 5) is 4.13. The largest absolute Gasteiger partial charge is 0.377 e. The van der Waals surface area contributed by atoms with Crippen molar-refractivity contribution in [3.8, 4) is 0 Å². The summed E-state index contributed by atoms with van der Waals surface area (Å²) in [7, 11) is 5.59. The smallest absolute Gasteiger partial charge is 0.341 e. The number of halogens is 1. The van der Waals surface area contributed by atoms with Crippen LogP contribution in [0.5, 0.6) is 0 Å². The summed E-state index contributed by atoms with van der Waals surface area (Å²) in [6, 6.07) is 24.3. The maximum Gasteiger partial charge on any atom is 0.341 e. The molecule has 0 bridgehead atoms. The summed E-state index contributed by atoms with van der Waals surface area (Å²) in [6.07, 6.45) is 0. The zero-order valence-electron chi connectivity index (χ0n) is 16.7. The topological polar surface area (TPSA) is 6.48 Å². The highest BCUT2D eigenvalue weighted by Crippen LogP contribution is 2.27. The molecule has 4 aromatic carbocycles. The third-order valence-electron chi connectivity index (χ3n) is 5.20. The van der Waals surface area contributed by atoms with Crippen LogP contribution in [0.1, 0.15) is 0 Å². The molecule has 0 amide bonds. The predicted octanol–water partition coefficient (Wildman–Crippen LogP) is 4.20. The molecule has 0 N–H and O–H groups in total. The second-order valence-electron chi connectivity index (χ2n) is 7.46. The number of hydrogen-bond donors (Lipinski definition) is 0. The molecule has 0 aliphatic heterocycles. The third-order valence-corrected chi connectivity index (χ3v) is 6.98. The number of nitrogens with zero attached hydrogens (tertiary/aromatic N) is 2. The van der Waals surface area contributed by atoms with Gasteiger partial charge in [0.2, 0.25) is 0 Å². The molecule has 0 atom stereocenters. The van der Waals surface area contributed by atoms with Gasteiger partial charge >= 0.3 is 9.13 Å². The van der Waals surface area contributed by atoms with Crippen LogP contribution in [0.3, 0.4) is 0 Å². The lowest BCUT2D eigenvalue weighted by Crippen LogP contribution is -2.40. The predicted molar refractivity (Wildman–Crippen MR) is 123 cm³/mol. The molecule has 0 unspecified atom stereocenters. The second-order valence-corrected chi connectivity index (χ2v) is 9.17. The fourth-order valence-corrected chi connectivity index (χ4v) is 5.66. The number of hydrogen-bond acceptors (Lipinski definition) is 2. The number of rotatable bonds is 4. The summed E-state index contributed by atoms with van der Waals surface area (Å²) in [5, 5.41) is 5.83. The first kappa shape index (κ1) is 18.5. The van der Waals surface area contributed by atoms with Crippen molar-refractivity contribution in [3.63, 3.8) is 0 Å². The Morgan fingerprint density at radius 3 is 1.29 bits per heavy atom. The molecule has 28 heavy (non-hydrogen) atoms. The van der Waals surface area contributed by atoms with Crippen LogP contribution >= 0.6 is 0 Å². The molecule has 1 radical (unpaired) electrons. The van der Waals surface area contributed by atoms with E-state index in [1.165, 1.54) is 0 Å². The van der Waals surface area contributed by atoms with Crippen molar-refractivity contribution in [1.82, 2.24) is 0 Å². The lowest BCUT2D eigenvalue weighted by Gasteiger charge is -2.21. The van der Waals surface area contributed by atoms with Crippen molar-refractivity contribution < 1.29 is 4.11 Å². The summed E-state index contributed by atoms with van der Waals surface area (Å²) in [5.74, 6) is 0. The molecule has 0 aromatic heterocycles. The van der Waals surface area contributed by atoms with Gasteiger partial charge in [-0.15, -0.1) is 0 Å². The average Bonchev–Trinajstić information content (AvgIpc) is 2.71. The second kappa shape index (κ2) is 7.28. The van der Waals surface area contributed by atoms with E-state index in [0.29, 0.717) is 0 Å². The number of fused-ring (bicyclic) bond motifs is 2. The van der Waals surface area contributed by atoms with E-state index in [-0.39, 0.29) is 0 Å². The van der Waals surface area contributed by atoms with Gasteiger partial charge in [0.1, 0.15) is 0 Å². The summed E-state index contributed by atoms with van der Waals surface area (Å²) >= 11 is 0. The Labute approximate surface area is 167 Å². The van der Waals surface area contributed by atoms with Gasteiger partial charge < -0.3 is 13.9 Å². The van der Waals surface area contributed by atoms with Gasteiger partial charge in [-0.25, -0.2) is 0 Å². The standard InChI is InChI=1S/C24H24FN2Si/c1-26(2)19-13-5-9-17-11-7-15-21(23(17)19)28(25)22-16-8-12-18-10-6-14-20(24(18)22)27(3)4/h5-16H,1-4H3. The summed E-state index contributed by atoms with van der Waals surface area (Å²) in [6.45, 7) is 0. The monoisotopic (exact) mass is 387 g/mol. The van der Waals surface area contributed by atoms with E-state index in [2.05, 4.69) is 46.2 Å². The van der Waals surface area contributed by atoms with Crippen LogP contribution in [-0.4, -0.2) is 37.3 Å². The molecule has 0 aliphatic rings. The van der Waals surface area contributed by atoms with Crippen molar-refractivity contribution in [2.75, 3.05) is 38.0 Å². The number of anilines is 2. The van der Waals surface area contributed by atoms with E-state index in [1.807, 2.05) is 64.6 Å². The molecule has 4 rings (SSSR count). The molecule has 0 fully saturated rings. The van der Waals surface area contributed by atoms with Crippen molar-refractivity contribution >= 4 is 52.4 Å². The van der Waals surface area contributed by atoms with Crippen LogP contribution in [0.4, 0.5) is 15.5 Å². The van der Waals surface area contributed by atoms with Crippen molar-refractivity contribution in [1.29, 1.82) is 0 Å². The van der Waals surface area contributed by atoms with Gasteiger partial charge in [-0.3, -0.25) is 0 Å². The van der Waals surface area contributed by atoms with Gasteiger partial charge in [0.25, 0.3) is 0 Å². The van der Waals surface area contributed by atoms with Gasteiger partial charge in [-0.2, -0.15) is 0 Å². The zero-order valence-corrected chi connectivity index (χ0v) is 17.7. The number of benzene rings is 4. The normalized spacial score (nSPS) is 11.4. The molecular formula is C24H24FN2Si. The first-order valence-corrected chi connectivity index (χ1v) is 10.8. The molecular weight excluding hydrogens is 363 g/mol. The Morgan fingerprint density at radius 1 is 0.571 bits per heavy atom. The van der Waals surface area contributed by atoms with Crippen LogP contribution in [0.25, 0.3) is 21.5 Å². The molecule has 141 valence electrons. The Hall–Kier alpha value is -2.85. The quantitative estimate of drug-likeness (QED) is 0.382. The Balaban J connectivity index is 2.01. The van der Waals surface area contributed by atoms with E-state index in [9.17, 15) is 0 Å². The highest BCUT2D eigenvalue weighted by atomic mass is 28.3. The third kappa shape index (κ3) is 3.04. The lowest BCUT2D eigenvalue weighted by molar-refractivity contribution is 0.866. The summed E-state index contributed by atoms with van der Waals surface area (Å²) in [5.41, 5.74) is 2.11. The fraction of sp³-hybridized carbons (Fsp3) is 0.167. The Bertz CT molecular complexity index is 1050. The Morgan fingerprint density at radius 2 is 0.929 bits per heavy atom. The highest BCUT2D eigenvalue weighted by molar-refractivity contribution is 6.83. The van der Waals surface area contributed by atoms with Gasteiger partial charge in [0, 0.05) is 50.3 Å². The van der Waals surface area contributed by atoms with Crippen molar-refractivity contribution in [2.45, 2.75) is 0 Å². The minimum atomic E-state index is -2.46. The molecule has 4 aromatic rings. The van der Waals surface area contributed by atoms with Crippen LogP contribution in [0.15, 0.2) is 72.8 Å². The lowest BCUT2D eigenvalue weighted by atomic mass is 10.1. The van der Waals surface area contributed by atoms with Crippen LogP contribution in [0, 0.1) is 0 Å². The van der Waals surface area contributed by atoms with E-state index in [1.54, 1.807) is 0 Å². The average molecular weight is 388 g/mol. The molecule has 2 nitrogen and oxygen atoms in total. The zero-order chi connectivity index (χ0) is 19.8. The van der Waals surface area contributed by atoms with E-state index >= 15 is 4.11 Å². The molecule has 4 heteroatoms. The highest BCUT2D eigenvalue weighted by Gasteiger charge is 2.25. The fourth-order valence-electron chi connectivity index (χ4n) is 3.90. The minimum Gasteiger partial charge on any atom is -0.377 e. The summed E-state index contributed by atoms with van der Waals surface area (Å²) < 4.78 is 16.3. The van der Waals surface area contributed by atoms with Gasteiger partial charge in [-0.05, 0) is 33.3 Å². The Kier molecular flexibility index (Phi) is 4.81. The molecule has 0 heterocycles. The van der Waals surface area contributed by atoms with Gasteiger partial charge in [0.05, 0.1) is 0 Å². The van der Waals surface area contributed by atoms with E-state index in [4.69, 9.17) is 0 Å². The van der Waals surface area contributed by atoms with Crippen LogP contribution in [0.2, 0.25) is 0 Å². The first-order chi connectivity index (χ1) is 13.5.